The van der Waals surface area contributed by atoms with Crippen molar-refractivity contribution in [2.75, 3.05) is 38.2 Å². The lowest BCUT2D eigenvalue weighted by atomic mass is 9.99. The highest BCUT2D eigenvalue weighted by Gasteiger charge is 2.43. The van der Waals surface area contributed by atoms with Crippen molar-refractivity contribution in [3.05, 3.63) is 120 Å². The van der Waals surface area contributed by atoms with Gasteiger partial charge in [0.1, 0.15) is 72.2 Å². The van der Waals surface area contributed by atoms with Gasteiger partial charge in [-0.05, 0) is 143 Å². The van der Waals surface area contributed by atoms with Crippen molar-refractivity contribution in [1.82, 2.24) is 82.9 Å². The number of carbonyl (C=O) groups excluding carboxylic acids is 14. The fourth-order valence-electron chi connectivity index (χ4n) is 14.8. The minimum Gasteiger partial charge on any atom is -0.508 e. The zero-order chi connectivity index (χ0) is 88.1. The maximum absolute atomic E-state index is 15.1. The predicted octanol–water partition coefficient (Wildman–Crippen LogP) is -1.26. The number of phenols is 1. The summed E-state index contributed by atoms with van der Waals surface area (Å²) >= 11 is 0. The van der Waals surface area contributed by atoms with Crippen molar-refractivity contribution in [2.24, 2.45) is 34.8 Å². The van der Waals surface area contributed by atoms with E-state index in [0.29, 0.717) is 36.1 Å². The summed E-state index contributed by atoms with van der Waals surface area (Å²) in [6, 6.07) is 3.88. The van der Waals surface area contributed by atoms with E-state index in [1.807, 2.05) is 42.5 Å². The number of hydrogen-bond acceptors (Lipinski definition) is 20. The maximum atomic E-state index is 15.1. The van der Waals surface area contributed by atoms with Crippen LogP contribution in [0.15, 0.2) is 97.7 Å². The summed E-state index contributed by atoms with van der Waals surface area (Å²) in [4.78, 5) is 226. The van der Waals surface area contributed by atoms with Crippen LogP contribution >= 0.6 is 0 Å². The molecule has 0 spiro atoms. The van der Waals surface area contributed by atoms with Gasteiger partial charge in [0.2, 0.25) is 82.7 Å². The Morgan fingerprint density at radius 1 is 0.521 bits per heavy atom. The number of hydrogen-bond donors (Lipinski definition) is 19. The van der Waals surface area contributed by atoms with E-state index in [9.17, 15) is 81.5 Å². The summed E-state index contributed by atoms with van der Waals surface area (Å²) in [5.41, 5.74) is 27.4. The molecule has 0 radical (unpaired) electrons. The van der Waals surface area contributed by atoms with Crippen molar-refractivity contribution in [1.29, 1.82) is 0 Å². The molecule has 14 amide bonds. The Kier molecular flexibility index (Phi) is 35.8. The number of aliphatic carboxylic acids is 1. The van der Waals surface area contributed by atoms with E-state index in [1.54, 1.807) is 46.2 Å². The van der Waals surface area contributed by atoms with E-state index in [4.69, 9.17) is 22.9 Å². The minimum absolute atomic E-state index is 0.00145. The number of phenolic OH excluding ortho intramolecular Hbond substituents is 1. The van der Waals surface area contributed by atoms with Crippen molar-refractivity contribution >= 4 is 121 Å². The molecular formula is C82H114N20O18S. The highest BCUT2D eigenvalue weighted by Crippen LogP contribution is 2.26. The maximum Gasteiger partial charge on any atom is 0.326 e. The van der Waals surface area contributed by atoms with Gasteiger partial charge < -0.3 is 111 Å². The number of fused-ring (bicyclic) bond motifs is 2. The Hall–Kier alpha value is -12.1. The zero-order valence-electron chi connectivity index (χ0n) is 68.6. The number of rotatable bonds is 48. The average molecular weight is 1700 g/mol. The van der Waals surface area contributed by atoms with Crippen LogP contribution in [-0.4, -0.2) is 244 Å². The third-order valence-corrected chi connectivity index (χ3v) is 21.9. The van der Waals surface area contributed by atoms with Crippen molar-refractivity contribution in [3.8, 4) is 5.75 Å². The minimum atomic E-state index is -1.59. The smallest absolute Gasteiger partial charge is 0.326 e. The number of likely N-dealkylation sites (tertiary alicyclic amines) is 2. The number of para-hydroxylation sites is 2. The molecule has 2 aliphatic heterocycles. The van der Waals surface area contributed by atoms with Gasteiger partial charge in [0.05, 0.1) is 18.9 Å². The molecule has 0 saturated carbocycles. The molecular weight excluding hydrogens is 1590 g/mol. The third kappa shape index (κ3) is 28.5. The number of nitrogens with two attached hydrogens (primary N) is 4. The summed E-state index contributed by atoms with van der Waals surface area (Å²) in [5, 5.41) is 48.0. The molecule has 2 saturated heterocycles. The molecule has 3 aromatic carbocycles. The first-order valence-corrected chi connectivity index (χ1v) is 42.4. The lowest BCUT2D eigenvalue weighted by Gasteiger charge is -2.31. The molecule has 13 atom stereocenters. The number of carboxylic acid groups (broad SMARTS) is 1. The standard InChI is InChI=1S/C82H114N20O18S/c1-45(2)34-61(98-76(112)63(38-49-41-89-56-17-9-7-15-53(49)56)99-77(113)64(39-50-42-87-44-91-50)96-71(107)54(84)37-48-40-88-55-16-8-6-14-52(48)55)74(110)93-57(25-27-68(85)104)72(108)97-62(35-46(3)4)75(111)95-59(18-10-11-30-83)80(116)101-31-12-19-66(101)78(114)90-43-70(106)92-60(26-28-69(86)105)81(117)102-32-13-20-67(102)79(115)94-58(29-33-121(5)120)73(109)100-65(82(118)119)36-47-21-23-51(103)24-22-47/h6-9,14-17,21-24,40-42,44-46,54,57-67,88-89,103H,10-13,18-20,25-39,43,83-84H2,1-5H3,(H2,85,104)(H2,86,105)(H,87,91)(H,90,114)(H,92,106)(H,93,110)(H,94,115)(H,95,111)(H,96,107)(H,97,108)(H,98,112)(H,99,113)(H,100,109)(H,118,119). The molecule has 13 unspecified atom stereocenters. The number of carbonyl (C=O) groups is 15. The van der Waals surface area contributed by atoms with E-state index < -0.39 is 198 Å². The van der Waals surface area contributed by atoms with E-state index in [0.717, 1.165) is 32.3 Å². The molecule has 2 fully saturated rings. The first-order chi connectivity index (χ1) is 57.7. The van der Waals surface area contributed by atoms with Crippen LogP contribution in [0.5, 0.6) is 5.75 Å². The van der Waals surface area contributed by atoms with Gasteiger partial charge in [-0.15, -0.1) is 0 Å². The number of aromatic hydroxyl groups is 1. The summed E-state index contributed by atoms with van der Waals surface area (Å²) in [6.45, 7) is 6.53. The number of imidazole rings is 1. The number of carboxylic acids is 1. The second-order valence-electron chi connectivity index (χ2n) is 31.5. The van der Waals surface area contributed by atoms with Crippen LogP contribution in [0, 0.1) is 11.8 Å². The number of primary amides is 2. The third-order valence-electron chi connectivity index (χ3n) is 21.1. The van der Waals surface area contributed by atoms with Crippen LogP contribution in [0.1, 0.15) is 140 Å². The predicted molar refractivity (Wildman–Crippen MR) is 446 cm³/mol. The largest absolute Gasteiger partial charge is 0.508 e. The number of unbranched alkanes of at least 4 members (excludes halogenated alkanes) is 1. The summed E-state index contributed by atoms with van der Waals surface area (Å²) in [6.07, 6.45) is 6.91. The number of amides is 14. The second kappa shape index (κ2) is 45.9. The van der Waals surface area contributed by atoms with Crippen LogP contribution < -0.4 is 76.1 Å². The fourth-order valence-corrected chi connectivity index (χ4v) is 15.3. The van der Waals surface area contributed by atoms with Gasteiger partial charge in [-0.2, -0.15) is 0 Å². The Bertz CT molecular complexity index is 4650. The first kappa shape index (κ1) is 94.4. The number of aromatic nitrogens is 4. The van der Waals surface area contributed by atoms with Gasteiger partial charge in [-0.1, -0.05) is 76.2 Å². The topological polar surface area (TPSA) is 605 Å². The van der Waals surface area contributed by atoms with Gasteiger partial charge in [0.25, 0.3) is 0 Å². The Labute approximate surface area is 701 Å². The molecule has 0 bridgehead atoms. The van der Waals surface area contributed by atoms with Crippen LogP contribution in [0.4, 0.5) is 0 Å². The molecule has 656 valence electrons. The highest BCUT2D eigenvalue weighted by atomic mass is 32.2. The second-order valence-corrected chi connectivity index (χ2v) is 33.1. The van der Waals surface area contributed by atoms with Crippen molar-refractivity contribution in [2.45, 2.75) is 216 Å². The molecule has 0 aliphatic carbocycles. The van der Waals surface area contributed by atoms with Crippen LogP contribution in [0.3, 0.4) is 0 Å². The van der Waals surface area contributed by atoms with E-state index >= 15 is 4.79 Å². The van der Waals surface area contributed by atoms with Crippen LogP contribution in [0.2, 0.25) is 0 Å². The zero-order valence-corrected chi connectivity index (χ0v) is 69.4. The Morgan fingerprint density at radius 3 is 1.50 bits per heavy atom. The van der Waals surface area contributed by atoms with Crippen molar-refractivity contribution in [3.63, 3.8) is 0 Å². The summed E-state index contributed by atoms with van der Waals surface area (Å²) < 4.78 is 12.3. The SMILES string of the molecule is CC(C)CC(NC(=O)C(Cc1c[nH]c2ccccc12)NC(=O)C(Cc1cnc[nH]1)NC(=O)C(N)Cc1c[nH]c2ccccc12)C(=O)NC(CCC(N)=O)C(=O)NC(CC(C)C)C(=O)NC(CCCCN)C(=O)N1CCCC1C(=O)NCC(=O)NC(CCC(N)=O)C(=O)N1CCCC1C(=O)NC(CCS(C)=O)C(=O)NC(Cc1ccc(O)cc1)C(=O)O. The van der Waals surface area contributed by atoms with E-state index in [-0.39, 0.29) is 120 Å². The Balaban J connectivity index is 0.928. The molecule has 39 heteroatoms. The summed E-state index contributed by atoms with van der Waals surface area (Å²) in [5.74, 6) is -13.8. The van der Waals surface area contributed by atoms with Gasteiger partial charge in [0, 0.05) is 114 Å². The molecule has 6 aromatic rings. The average Bonchev–Trinajstić information content (AvgIpc) is 1.74. The molecule has 121 heavy (non-hydrogen) atoms. The normalized spacial score (nSPS) is 16.7. The molecule has 5 heterocycles. The van der Waals surface area contributed by atoms with Crippen molar-refractivity contribution < 1.29 is 86.3 Å². The lowest BCUT2D eigenvalue weighted by Crippen LogP contribution is -2.61. The number of benzene rings is 3. The monoisotopic (exact) mass is 1700 g/mol. The molecule has 2 aliphatic rings. The Morgan fingerprint density at radius 2 is 0.983 bits per heavy atom. The quantitative estimate of drug-likeness (QED) is 0.0198. The first-order valence-electron chi connectivity index (χ1n) is 40.7. The number of nitrogens with one attached hydrogen (secondary N) is 13. The molecule has 8 rings (SSSR count). The van der Waals surface area contributed by atoms with Crippen LogP contribution in [-0.2, 0) is 108 Å². The molecule has 38 nitrogen and oxygen atoms in total. The van der Waals surface area contributed by atoms with Gasteiger partial charge >= 0.3 is 5.97 Å². The van der Waals surface area contributed by atoms with Crippen LogP contribution in [0.25, 0.3) is 21.8 Å². The number of H-pyrrole nitrogens is 3. The molecule has 3 aromatic heterocycles. The summed E-state index contributed by atoms with van der Waals surface area (Å²) in [7, 11) is -1.47. The highest BCUT2D eigenvalue weighted by molar-refractivity contribution is 7.84. The van der Waals surface area contributed by atoms with Gasteiger partial charge in [0.15, 0.2) is 0 Å². The number of aromatic amines is 3. The fraction of sp³-hybridized carbons (Fsp3) is 0.512. The molecule has 23 N–H and O–H groups in total. The van der Waals surface area contributed by atoms with E-state index in [1.165, 1.54) is 47.9 Å². The van der Waals surface area contributed by atoms with Gasteiger partial charge in [-0.25, -0.2) is 9.78 Å². The lowest BCUT2D eigenvalue weighted by molar-refractivity contribution is -0.143. The van der Waals surface area contributed by atoms with E-state index in [2.05, 4.69) is 73.1 Å². The number of nitrogens with zero attached hydrogens (tertiary/aromatic N) is 3. The van der Waals surface area contributed by atoms with Gasteiger partial charge in [-0.3, -0.25) is 71.3 Å².